The van der Waals surface area contributed by atoms with Gasteiger partial charge in [0.25, 0.3) is 0 Å². The minimum Gasteiger partial charge on any atom is -0.491 e. The Bertz CT molecular complexity index is 1510. The van der Waals surface area contributed by atoms with Gasteiger partial charge in [-0.05, 0) is 72.5 Å². The fraction of sp³-hybridized carbons (Fsp3) is 0.429. The third-order valence-corrected chi connectivity index (χ3v) is 8.84. The van der Waals surface area contributed by atoms with Gasteiger partial charge in [-0.25, -0.2) is 0 Å². The second kappa shape index (κ2) is 18.2. The Balaban J connectivity index is 0.000000226. The lowest BCUT2D eigenvalue weighted by Crippen LogP contribution is -2.22. The molecule has 5 rings (SSSR count). The second-order valence-electron chi connectivity index (χ2n) is 13.4. The van der Waals surface area contributed by atoms with Crippen molar-refractivity contribution in [1.29, 1.82) is 0 Å². The molecule has 1 aliphatic rings. The van der Waals surface area contributed by atoms with E-state index in [0.717, 1.165) is 30.5 Å². The molecule has 0 spiro atoms. The summed E-state index contributed by atoms with van der Waals surface area (Å²) in [4.78, 5) is 0. The maximum atomic E-state index is 9.67. The number of epoxide rings is 1. The monoisotopic (exact) mass is 670 g/mol. The first-order valence-electron chi connectivity index (χ1n) is 17.2. The normalized spacial score (nSPS) is 14.7. The summed E-state index contributed by atoms with van der Waals surface area (Å²) in [6.45, 7) is 16.8. The van der Waals surface area contributed by atoms with Gasteiger partial charge in [0.1, 0.15) is 49.3 Å². The van der Waals surface area contributed by atoms with Crippen molar-refractivity contribution in [2.45, 2.75) is 64.6 Å². The molecule has 1 heterocycles. The summed E-state index contributed by atoms with van der Waals surface area (Å²) in [7, 11) is 1.56. The number of aryl methyl sites for hydroxylation is 1. The Labute approximate surface area is 293 Å². The third-order valence-electron chi connectivity index (χ3n) is 8.84. The van der Waals surface area contributed by atoms with Crippen LogP contribution < -0.4 is 14.2 Å². The van der Waals surface area contributed by atoms with Crippen LogP contribution in [0.2, 0.25) is 0 Å². The molecule has 4 aromatic rings. The number of aliphatic hydroxyl groups excluding tert-OH is 1. The molecular weight excluding hydrogens is 616 g/mol. The molecule has 264 valence electrons. The molecule has 0 aromatic heterocycles. The molecule has 1 N–H and O–H groups in total. The van der Waals surface area contributed by atoms with Crippen LogP contribution in [0, 0.1) is 6.92 Å². The van der Waals surface area contributed by atoms with E-state index in [4.69, 9.17) is 28.4 Å². The minimum absolute atomic E-state index is 0.0163. The van der Waals surface area contributed by atoms with Crippen LogP contribution in [0.25, 0.3) is 0 Å². The van der Waals surface area contributed by atoms with Crippen molar-refractivity contribution in [3.63, 3.8) is 0 Å². The molecule has 1 saturated heterocycles. The molecule has 0 saturated carbocycles. The van der Waals surface area contributed by atoms with Crippen LogP contribution in [0.5, 0.6) is 17.2 Å². The molecular formula is C42H54O7. The molecule has 49 heavy (non-hydrogen) atoms. The Morgan fingerprint density at radius 2 is 1.08 bits per heavy atom. The lowest BCUT2D eigenvalue weighted by atomic mass is 9.78. The molecule has 2 atom stereocenters. The number of hydrogen-bond acceptors (Lipinski definition) is 7. The predicted octanol–water partition coefficient (Wildman–Crippen LogP) is 7.91. The standard InChI is InChI=1S/C22H28O5.C20H26O2/c1-22(2,17-6-10-20(11-7-17)26-14-21-15-27-21)16-4-8-19(9-5-16)25-13-18(23)12-24-3;1-5-21-14-15-22-19-12-10-18(11-13-19)20(3,4)17-8-6-16(2)7-9-17/h4-11,18,21,23H,12-15H2,1-3H3;6-13H,5,14-15H2,1-4H3. The minimum atomic E-state index is -0.627. The van der Waals surface area contributed by atoms with Gasteiger partial charge >= 0.3 is 0 Å². The highest BCUT2D eigenvalue weighted by atomic mass is 16.6. The number of benzene rings is 4. The van der Waals surface area contributed by atoms with Crippen molar-refractivity contribution in [2.75, 3.05) is 53.4 Å². The van der Waals surface area contributed by atoms with E-state index in [0.29, 0.717) is 19.8 Å². The number of hydrogen-bond donors (Lipinski definition) is 1. The van der Waals surface area contributed by atoms with Crippen LogP contribution >= 0.6 is 0 Å². The SMILES string of the molecule is CCOCCOc1ccc(C(C)(C)c2ccc(C)cc2)cc1.COCC(O)COc1ccc(C(C)(C)c2ccc(OCC3CO3)cc2)cc1. The zero-order valence-corrected chi connectivity index (χ0v) is 30.2. The molecule has 7 nitrogen and oxygen atoms in total. The summed E-state index contributed by atoms with van der Waals surface area (Å²) >= 11 is 0. The fourth-order valence-electron chi connectivity index (χ4n) is 5.36. The van der Waals surface area contributed by atoms with E-state index < -0.39 is 6.10 Å². The molecule has 1 aliphatic heterocycles. The maximum absolute atomic E-state index is 9.67. The van der Waals surface area contributed by atoms with Crippen LogP contribution in [0.1, 0.15) is 62.4 Å². The van der Waals surface area contributed by atoms with Gasteiger partial charge in [0, 0.05) is 24.5 Å². The van der Waals surface area contributed by atoms with E-state index in [9.17, 15) is 5.11 Å². The zero-order valence-electron chi connectivity index (χ0n) is 30.2. The number of rotatable bonds is 17. The van der Waals surface area contributed by atoms with Gasteiger partial charge in [0.05, 0.1) is 19.8 Å². The number of methoxy groups -OCH3 is 1. The average Bonchev–Trinajstić information content (AvgIpc) is 3.94. The fourth-order valence-corrected chi connectivity index (χ4v) is 5.36. The van der Waals surface area contributed by atoms with Crippen molar-refractivity contribution in [2.24, 2.45) is 0 Å². The Morgan fingerprint density at radius 1 is 0.653 bits per heavy atom. The molecule has 0 amide bonds. The molecule has 4 aromatic carbocycles. The number of ether oxygens (including phenoxy) is 6. The van der Waals surface area contributed by atoms with Crippen molar-refractivity contribution < 1.29 is 33.5 Å². The van der Waals surface area contributed by atoms with E-state index in [1.54, 1.807) is 7.11 Å². The van der Waals surface area contributed by atoms with Crippen LogP contribution in [0.4, 0.5) is 0 Å². The average molecular weight is 671 g/mol. The smallest absolute Gasteiger partial charge is 0.119 e. The van der Waals surface area contributed by atoms with Crippen molar-refractivity contribution >= 4 is 0 Å². The molecule has 0 aliphatic carbocycles. The van der Waals surface area contributed by atoms with E-state index in [-0.39, 0.29) is 30.1 Å². The van der Waals surface area contributed by atoms with Gasteiger partial charge in [0.15, 0.2) is 0 Å². The van der Waals surface area contributed by atoms with Gasteiger partial charge in [-0.3, -0.25) is 0 Å². The molecule has 2 unspecified atom stereocenters. The van der Waals surface area contributed by atoms with Crippen molar-refractivity contribution in [1.82, 2.24) is 0 Å². The van der Waals surface area contributed by atoms with Gasteiger partial charge < -0.3 is 33.5 Å². The van der Waals surface area contributed by atoms with Gasteiger partial charge in [-0.2, -0.15) is 0 Å². The molecule has 1 fully saturated rings. The first-order chi connectivity index (χ1) is 23.5. The highest BCUT2D eigenvalue weighted by Gasteiger charge is 2.25. The van der Waals surface area contributed by atoms with Gasteiger partial charge in [-0.15, -0.1) is 0 Å². The Morgan fingerprint density at radius 3 is 1.51 bits per heavy atom. The van der Waals surface area contributed by atoms with Gasteiger partial charge in [-0.1, -0.05) is 93.9 Å². The summed E-state index contributed by atoms with van der Waals surface area (Å²) in [6, 6.07) is 33.4. The summed E-state index contributed by atoms with van der Waals surface area (Å²) in [5, 5.41) is 9.67. The lowest BCUT2D eigenvalue weighted by molar-refractivity contribution is 0.0325. The molecule has 0 bridgehead atoms. The third kappa shape index (κ3) is 11.6. The first-order valence-corrected chi connectivity index (χ1v) is 17.2. The highest BCUT2D eigenvalue weighted by molar-refractivity contribution is 5.42. The zero-order chi connectivity index (χ0) is 35.3. The van der Waals surface area contributed by atoms with Crippen LogP contribution in [-0.4, -0.2) is 70.7 Å². The topological polar surface area (TPSA) is 78.9 Å². The van der Waals surface area contributed by atoms with Crippen LogP contribution in [-0.2, 0) is 25.0 Å². The van der Waals surface area contributed by atoms with E-state index in [2.05, 4.69) is 95.3 Å². The summed E-state index contributed by atoms with van der Waals surface area (Å²) in [5.74, 6) is 2.49. The first kappa shape index (κ1) is 37.9. The molecule has 0 radical (unpaired) electrons. The summed E-state index contributed by atoms with van der Waals surface area (Å²) in [5.41, 5.74) is 6.13. The summed E-state index contributed by atoms with van der Waals surface area (Å²) < 4.78 is 32.3. The quantitative estimate of drug-likeness (QED) is 0.0904. The maximum Gasteiger partial charge on any atom is 0.119 e. The lowest BCUT2D eigenvalue weighted by Gasteiger charge is -2.26. The Hall–Kier alpha value is -3.88. The largest absolute Gasteiger partial charge is 0.491 e. The number of aliphatic hydroxyl groups is 1. The van der Waals surface area contributed by atoms with E-state index >= 15 is 0 Å². The summed E-state index contributed by atoms with van der Waals surface area (Å²) in [6.07, 6.45) is -0.365. The van der Waals surface area contributed by atoms with Gasteiger partial charge in [0.2, 0.25) is 0 Å². The predicted molar refractivity (Wildman–Crippen MR) is 195 cm³/mol. The Kier molecular flexibility index (Phi) is 14.1. The molecule has 7 heteroatoms. The van der Waals surface area contributed by atoms with Crippen molar-refractivity contribution in [3.8, 4) is 17.2 Å². The van der Waals surface area contributed by atoms with Crippen LogP contribution in [0.3, 0.4) is 0 Å². The van der Waals surface area contributed by atoms with Crippen molar-refractivity contribution in [3.05, 3.63) is 125 Å². The van der Waals surface area contributed by atoms with E-state index in [1.165, 1.54) is 27.8 Å². The van der Waals surface area contributed by atoms with E-state index in [1.807, 2.05) is 43.3 Å². The second-order valence-corrected chi connectivity index (χ2v) is 13.4. The van der Waals surface area contributed by atoms with Crippen LogP contribution in [0.15, 0.2) is 97.1 Å². The highest BCUT2D eigenvalue weighted by Crippen LogP contribution is 2.34.